The number of hydrogen-bond acceptors (Lipinski definition) is 5. The van der Waals surface area contributed by atoms with Gasteiger partial charge in [0.15, 0.2) is 11.8 Å². The van der Waals surface area contributed by atoms with Crippen molar-refractivity contribution in [1.82, 2.24) is 4.90 Å². The number of carbonyl (C=O) groups excluding carboxylic acids is 1. The van der Waals surface area contributed by atoms with E-state index in [1.165, 1.54) is 4.90 Å². The van der Waals surface area contributed by atoms with E-state index in [0.717, 1.165) is 6.08 Å². The third kappa shape index (κ3) is 4.20. The van der Waals surface area contributed by atoms with Gasteiger partial charge < -0.3 is 16.6 Å². The Bertz CT molecular complexity index is 237. The SMILES string of the molecule is C=CC(=O)C(C(=O)O)N(CCN)CCN. The molecular weight excluding hydrogens is 198 g/mol. The normalized spacial score (nSPS) is 12.5. The molecule has 0 amide bonds. The van der Waals surface area contributed by atoms with Crippen LogP contribution >= 0.6 is 0 Å². The number of carboxylic acid groups (broad SMARTS) is 1. The van der Waals surface area contributed by atoms with Crippen molar-refractivity contribution in [2.45, 2.75) is 6.04 Å². The van der Waals surface area contributed by atoms with Crippen molar-refractivity contribution >= 4 is 11.8 Å². The van der Waals surface area contributed by atoms with Gasteiger partial charge in [-0.1, -0.05) is 6.58 Å². The minimum absolute atomic E-state index is 0.272. The van der Waals surface area contributed by atoms with E-state index in [9.17, 15) is 9.59 Å². The molecule has 0 aliphatic heterocycles. The highest BCUT2D eigenvalue weighted by atomic mass is 16.4. The van der Waals surface area contributed by atoms with Crippen LogP contribution in [0.5, 0.6) is 0 Å². The highest BCUT2D eigenvalue weighted by Crippen LogP contribution is 2.01. The van der Waals surface area contributed by atoms with Crippen molar-refractivity contribution in [2.24, 2.45) is 11.5 Å². The maximum absolute atomic E-state index is 11.3. The second kappa shape index (κ2) is 7.10. The molecule has 0 aromatic heterocycles. The fraction of sp³-hybridized carbons (Fsp3) is 0.556. The van der Waals surface area contributed by atoms with Gasteiger partial charge in [0.05, 0.1) is 0 Å². The standard InChI is InChI=1S/C9H17N3O3/c1-2-7(13)8(9(14)15)12(5-3-10)6-4-11/h2,8H,1,3-6,10-11H2,(H,14,15). The van der Waals surface area contributed by atoms with Crippen molar-refractivity contribution in [1.29, 1.82) is 0 Å². The molecule has 0 bridgehead atoms. The second-order valence-electron chi connectivity index (χ2n) is 2.96. The molecule has 1 unspecified atom stereocenters. The lowest BCUT2D eigenvalue weighted by molar-refractivity contribution is -0.146. The smallest absolute Gasteiger partial charge is 0.329 e. The summed E-state index contributed by atoms with van der Waals surface area (Å²) in [6.45, 7) is 4.44. The third-order valence-corrected chi connectivity index (χ3v) is 1.90. The first-order valence-corrected chi connectivity index (χ1v) is 4.61. The molecule has 0 heterocycles. The minimum Gasteiger partial charge on any atom is -0.480 e. The van der Waals surface area contributed by atoms with E-state index in [4.69, 9.17) is 16.6 Å². The Hall–Kier alpha value is -1.24. The van der Waals surface area contributed by atoms with E-state index in [2.05, 4.69) is 6.58 Å². The summed E-state index contributed by atoms with van der Waals surface area (Å²) in [7, 11) is 0. The van der Waals surface area contributed by atoms with Gasteiger partial charge in [-0.2, -0.15) is 0 Å². The summed E-state index contributed by atoms with van der Waals surface area (Å²) in [5.41, 5.74) is 10.7. The molecule has 0 aliphatic carbocycles. The number of nitrogens with zero attached hydrogens (tertiary/aromatic N) is 1. The lowest BCUT2D eigenvalue weighted by Crippen LogP contribution is -2.49. The molecule has 0 saturated carbocycles. The van der Waals surface area contributed by atoms with Crippen LogP contribution < -0.4 is 11.5 Å². The molecule has 6 nitrogen and oxygen atoms in total. The number of aliphatic carboxylic acids is 1. The summed E-state index contributed by atoms with van der Waals surface area (Å²) in [5.74, 6) is -1.76. The number of rotatable bonds is 8. The van der Waals surface area contributed by atoms with Crippen molar-refractivity contribution in [2.75, 3.05) is 26.2 Å². The van der Waals surface area contributed by atoms with Gasteiger partial charge >= 0.3 is 5.97 Å². The fourth-order valence-corrected chi connectivity index (χ4v) is 1.27. The number of ketones is 1. The summed E-state index contributed by atoms with van der Waals surface area (Å²) >= 11 is 0. The van der Waals surface area contributed by atoms with Crippen molar-refractivity contribution in [3.8, 4) is 0 Å². The molecule has 6 heteroatoms. The zero-order valence-corrected chi connectivity index (χ0v) is 8.56. The monoisotopic (exact) mass is 215 g/mol. The molecular formula is C9H17N3O3. The van der Waals surface area contributed by atoms with Gasteiger partial charge in [-0.3, -0.25) is 14.5 Å². The van der Waals surface area contributed by atoms with E-state index in [-0.39, 0.29) is 13.1 Å². The highest BCUT2D eigenvalue weighted by Gasteiger charge is 2.29. The van der Waals surface area contributed by atoms with Gasteiger partial charge in [0, 0.05) is 26.2 Å². The molecule has 0 aromatic carbocycles. The summed E-state index contributed by atoms with van der Waals surface area (Å²) in [5, 5.41) is 8.91. The minimum atomic E-state index is -1.23. The molecule has 0 radical (unpaired) electrons. The van der Waals surface area contributed by atoms with E-state index in [1.54, 1.807) is 0 Å². The van der Waals surface area contributed by atoms with Crippen molar-refractivity contribution < 1.29 is 14.7 Å². The molecule has 0 spiro atoms. The predicted molar refractivity (Wildman–Crippen MR) is 56.3 cm³/mol. The summed E-state index contributed by atoms with van der Waals surface area (Å²) < 4.78 is 0. The van der Waals surface area contributed by atoms with Crippen LogP contribution in [0.1, 0.15) is 0 Å². The fourth-order valence-electron chi connectivity index (χ4n) is 1.27. The number of carboxylic acids is 1. The zero-order chi connectivity index (χ0) is 11.8. The van der Waals surface area contributed by atoms with Gasteiger partial charge in [-0.25, -0.2) is 0 Å². The maximum Gasteiger partial charge on any atom is 0.329 e. The Morgan fingerprint density at radius 1 is 1.33 bits per heavy atom. The van der Waals surface area contributed by atoms with E-state index >= 15 is 0 Å². The van der Waals surface area contributed by atoms with Crippen LogP contribution in [-0.2, 0) is 9.59 Å². The van der Waals surface area contributed by atoms with E-state index in [1.807, 2.05) is 0 Å². The molecule has 0 aliphatic rings. The van der Waals surface area contributed by atoms with Gasteiger partial charge in [-0.15, -0.1) is 0 Å². The van der Waals surface area contributed by atoms with Gasteiger partial charge in [0.2, 0.25) is 0 Å². The Kier molecular flexibility index (Phi) is 6.52. The summed E-state index contributed by atoms with van der Waals surface area (Å²) in [6, 6.07) is -1.23. The first kappa shape index (κ1) is 13.8. The number of carbonyl (C=O) groups is 2. The Morgan fingerprint density at radius 3 is 2.07 bits per heavy atom. The predicted octanol–water partition coefficient (Wildman–Crippen LogP) is -1.59. The quantitative estimate of drug-likeness (QED) is 0.333. The van der Waals surface area contributed by atoms with Gasteiger partial charge in [-0.05, 0) is 6.08 Å². The molecule has 5 N–H and O–H groups in total. The van der Waals surface area contributed by atoms with Crippen LogP contribution in [0, 0.1) is 0 Å². The zero-order valence-electron chi connectivity index (χ0n) is 8.56. The molecule has 0 fully saturated rings. The molecule has 0 aromatic rings. The largest absolute Gasteiger partial charge is 0.480 e. The lowest BCUT2D eigenvalue weighted by Gasteiger charge is -2.25. The molecule has 0 saturated heterocycles. The van der Waals surface area contributed by atoms with Gasteiger partial charge in [0.1, 0.15) is 0 Å². The first-order chi connectivity index (χ1) is 7.08. The van der Waals surface area contributed by atoms with Crippen LogP contribution in [0.3, 0.4) is 0 Å². The molecule has 86 valence electrons. The molecule has 0 rings (SSSR count). The maximum atomic E-state index is 11.3. The summed E-state index contributed by atoms with van der Waals surface area (Å²) in [6.07, 6.45) is 0.999. The molecule has 1 atom stereocenters. The Labute approximate surface area is 88.5 Å². The third-order valence-electron chi connectivity index (χ3n) is 1.90. The average Bonchev–Trinajstić information content (AvgIpc) is 2.18. The summed E-state index contributed by atoms with van der Waals surface area (Å²) in [4.78, 5) is 23.7. The van der Waals surface area contributed by atoms with Crippen LogP contribution in [0.15, 0.2) is 12.7 Å². The first-order valence-electron chi connectivity index (χ1n) is 4.61. The van der Waals surface area contributed by atoms with Gasteiger partial charge in [0.25, 0.3) is 0 Å². The average molecular weight is 215 g/mol. The Balaban J connectivity index is 4.73. The number of hydrogen-bond donors (Lipinski definition) is 3. The van der Waals surface area contributed by atoms with Crippen LogP contribution in [0.2, 0.25) is 0 Å². The topological polar surface area (TPSA) is 110 Å². The van der Waals surface area contributed by atoms with E-state index in [0.29, 0.717) is 13.1 Å². The molecule has 15 heavy (non-hydrogen) atoms. The van der Waals surface area contributed by atoms with Crippen molar-refractivity contribution in [3.63, 3.8) is 0 Å². The second-order valence-corrected chi connectivity index (χ2v) is 2.96. The van der Waals surface area contributed by atoms with Crippen LogP contribution in [-0.4, -0.2) is 54.0 Å². The number of nitrogens with two attached hydrogens (primary N) is 2. The van der Waals surface area contributed by atoms with Crippen molar-refractivity contribution in [3.05, 3.63) is 12.7 Å². The Morgan fingerprint density at radius 2 is 1.80 bits per heavy atom. The highest BCUT2D eigenvalue weighted by molar-refractivity contribution is 6.07. The lowest BCUT2D eigenvalue weighted by atomic mass is 10.1. The van der Waals surface area contributed by atoms with Crippen LogP contribution in [0.4, 0.5) is 0 Å². The van der Waals surface area contributed by atoms with Crippen LogP contribution in [0.25, 0.3) is 0 Å². The van der Waals surface area contributed by atoms with E-state index < -0.39 is 17.8 Å².